The van der Waals surface area contributed by atoms with E-state index in [0.717, 1.165) is 12.1 Å². The Labute approximate surface area is 98.1 Å². The van der Waals surface area contributed by atoms with Crippen molar-refractivity contribution in [3.05, 3.63) is 11.2 Å². The van der Waals surface area contributed by atoms with Crippen LogP contribution < -0.4 is 5.43 Å². The Bertz CT molecular complexity index is 323. The van der Waals surface area contributed by atoms with E-state index in [1.165, 1.54) is 5.57 Å². The molecular weight excluding hydrogens is 203 g/mol. The van der Waals surface area contributed by atoms with E-state index in [1.807, 2.05) is 12.1 Å². The van der Waals surface area contributed by atoms with Gasteiger partial charge in [0.1, 0.15) is 0 Å². The second-order valence-electron chi connectivity index (χ2n) is 5.65. The molecule has 2 aliphatic heterocycles. The van der Waals surface area contributed by atoms with Crippen molar-refractivity contribution in [2.24, 2.45) is 0 Å². The molecule has 0 unspecified atom stereocenters. The number of hydrogen-bond acceptors (Lipinski definition) is 4. The van der Waals surface area contributed by atoms with Crippen molar-refractivity contribution in [3.8, 4) is 0 Å². The largest absolute Gasteiger partial charge is 0.513 e. The average Bonchev–Trinajstić information content (AvgIpc) is 2.52. The summed E-state index contributed by atoms with van der Waals surface area (Å²) in [6.45, 7) is 11.3. The first kappa shape index (κ1) is 12.0. The van der Waals surface area contributed by atoms with Crippen LogP contribution in [0.25, 0.3) is 0 Å². The zero-order chi connectivity index (χ0) is 12.1. The van der Waals surface area contributed by atoms with E-state index in [1.54, 1.807) is 0 Å². The summed E-state index contributed by atoms with van der Waals surface area (Å²) in [5.74, 6) is 0. The number of rotatable bonds is 1. The third-order valence-corrected chi connectivity index (χ3v) is 3.86. The number of nitrogens with zero attached hydrogens (tertiary/aromatic N) is 1. The quantitative estimate of drug-likeness (QED) is 0.681. The maximum atomic E-state index is 6.03. The minimum atomic E-state index is -0.269. The Hall–Kier alpha value is -0.515. The van der Waals surface area contributed by atoms with Crippen LogP contribution in [0, 0.1) is 0 Å². The fourth-order valence-corrected chi connectivity index (χ4v) is 2.01. The molecule has 0 aliphatic carbocycles. The molecule has 0 aromatic rings. The molecule has 1 saturated heterocycles. The van der Waals surface area contributed by atoms with Crippen LogP contribution in [0.5, 0.6) is 0 Å². The highest BCUT2D eigenvalue weighted by Gasteiger charge is 2.54. The Kier molecular flexibility index (Phi) is 2.61. The summed E-state index contributed by atoms with van der Waals surface area (Å²) in [7, 11) is 1.74. The Balaban J connectivity index is 2.24. The zero-order valence-electron chi connectivity index (χ0n) is 11.0. The maximum absolute atomic E-state index is 6.03. The molecule has 2 heterocycles. The fourth-order valence-electron chi connectivity index (χ4n) is 2.01. The van der Waals surface area contributed by atoms with Crippen molar-refractivity contribution in [1.29, 1.82) is 0 Å². The normalized spacial score (nSPS) is 28.1. The predicted octanol–water partition coefficient (Wildman–Crippen LogP) is 1.34. The summed E-state index contributed by atoms with van der Waals surface area (Å²) >= 11 is 0. The molecule has 0 aromatic carbocycles. The lowest BCUT2D eigenvalue weighted by Gasteiger charge is -2.32. The van der Waals surface area contributed by atoms with Gasteiger partial charge in [0, 0.05) is 13.6 Å². The van der Waals surface area contributed by atoms with Crippen molar-refractivity contribution >= 4 is 7.12 Å². The van der Waals surface area contributed by atoms with Crippen LogP contribution in [0.1, 0.15) is 34.6 Å². The summed E-state index contributed by atoms with van der Waals surface area (Å²) in [6, 6.07) is 0. The Morgan fingerprint density at radius 1 is 1.19 bits per heavy atom. The Morgan fingerprint density at radius 3 is 2.06 bits per heavy atom. The molecule has 1 N–H and O–H groups in total. The van der Waals surface area contributed by atoms with E-state index in [4.69, 9.17) is 9.31 Å². The van der Waals surface area contributed by atoms with Gasteiger partial charge in [-0.25, -0.2) is 5.43 Å². The second kappa shape index (κ2) is 3.49. The molecule has 2 rings (SSSR count). The van der Waals surface area contributed by atoms with Gasteiger partial charge in [-0.3, -0.25) is 0 Å². The van der Waals surface area contributed by atoms with Crippen LogP contribution in [-0.4, -0.2) is 36.9 Å². The van der Waals surface area contributed by atoms with Gasteiger partial charge >= 0.3 is 7.12 Å². The summed E-state index contributed by atoms with van der Waals surface area (Å²) in [4.78, 5) is 0. The van der Waals surface area contributed by atoms with Gasteiger partial charge in [0.2, 0.25) is 0 Å². The highest BCUT2D eigenvalue weighted by Crippen LogP contribution is 2.39. The van der Waals surface area contributed by atoms with Crippen LogP contribution in [0.4, 0.5) is 0 Å². The van der Waals surface area contributed by atoms with E-state index < -0.39 is 0 Å². The van der Waals surface area contributed by atoms with Crippen molar-refractivity contribution in [2.45, 2.75) is 45.8 Å². The molecule has 2 aliphatic rings. The molecule has 90 valence electrons. The lowest BCUT2D eigenvalue weighted by atomic mass is 9.82. The van der Waals surface area contributed by atoms with Gasteiger partial charge in [-0.15, -0.1) is 0 Å². The van der Waals surface area contributed by atoms with E-state index in [0.29, 0.717) is 0 Å². The SMILES string of the molecule is CC1=C(B2OC(C)(C)C(C)(C)O2)N(C)NC1. The van der Waals surface area contributed by atoms with Crippen molar-refractivity contribution in [2.75, 3.05) is 13.6 Å². The topological polar surface area (TPSA) is 33.7 Å². The first-order chi connectivity index (χ1) is 7.24. The van der Waals surface area contributed by atoms with Crippen LogP contribution in [-0.2, 0) is 9.31 Å². The van der Waals surface area contributed by atoms with Crippen molar-refractivity contribution in [3.63, 3.8) is 0 Å². The molecule has 0 aromatic heterocycles. The molecule has 0 saturated carbocycles. The Morgan fingerprint density at radius 2 is 1.69 bits per heavy atom. The first-order valence-electron chi connectivity index (χ1n) is 5.77. The van der Waals surface area contributed by atoms with Crippen LogP contribution in [0.15, 0.2) is 11.2 Å². The summed E-state index contributed by atoms with van der Waals surface area (Å²) in [6.07, 6.45) is 0. The molecule has 0 radical (unpaired) electrons. The fraction of sp³-hybridized carbons (Fsp3) is 0.818. The van der Waals surface area contributed by atoms with E-state index in [9.17, 15) is 0 Å². The van der Waals surface area contributed by atoms with Crippen LogP contribution in [0.3, 0.4) is 0 Å². The highest BCUT2D eigenvalue weighted by molar-refractivity contribution is 6.54. The van der Waals surface area contributed by atoms with Gasteiger partial charge in [-0.1, -0.05) is 0 Å². The summed E-state index contributed by atoms with van der Waals surface area (Å²) in [5.41, 5.74) is 5.10. The van der Waals surface area contributed by atoms with Gasteiger partial charge in [-0.05, 0) is 40.2 Å². The highest BCUT2D eigenvalue weighted by atomic mass is 16.7. The third-order valence-electron chi connectivity index (χ3n) is 3.86. The number of hydrazine groups is 1. The summed E-state index contributed by atoms with van der Waals surface area (Å²) in [5, 5.41) is 2.00. The smallest absolute Gasteiger partial charge is 0.398 e. The van der Waals surface area contributed by atoms with E-state index in [-0.39, 0.29) is 18.3 Å². The van der Waals surface area contributed by atoms with Crippen LogP contribution in [0.2, 0.25) is 0 Å². The second-order valence-corrected chi connectivity index (χ2v) is 5.65. The van der Waals surface area contributed by atoms with Crippen molar-refractivity contribution < 1.29 is 9.31 Å². The van der Waals surface area contributed by atoms with Crippen molar-refractivity contribution in [1.82, 2.24) is 10.4 Å². The standard InChI is InChI=1S/C11H21BN2O2/c1-8-7-13-14(6)9(8)12-15-10(2,3)11(4,5)16-12/h13H,7H2,1-6H3. The van der Waals surface area contributed by atoms with Gasteiger partial charge in [0.25, 0.3) is 0 Å². The van der Waals surface area contributed by atoms with Crippen LogP contribution >= 0.6 is 0 Å². The lowest BCUT2D eigenvalue weighted by Crippen LogP contribution is -2.41. The predicted molar refractivity (Wildman–Crippen MR) is 64.5 cm³/mol. The molecule has 0 atom stereocenters. The lowest BCUT2D eigenvalue weighted by molar-refractivity contribution is 0.00578. The van der Waals surface area contributed by atoms with Gasteiger partial charge in [-0.2, -0.15) is 0 Å². The molecule has 0 spiro atoms. The van der Waals surface area contributed by atoms with E-state index >= 15 is 0 Å². The zero-order valence-corrected chi connectivity index (χ0v) is 11.0. The number of nitrogens with one attached hydrogen (secondary N) is 1. The monoisotopic (exact) mass is 224 g/mol. The minimum absolute atomic E-state index is 0.259. The maximum Gasteiger partial charge on any atom is 0.513 e. The first-order valence-corrected chi connectivity index (χ1v) is 5.77. The average molecular weight is 224 g/mol. The van der Waals surface area contributed by atoms with E-state index in [2.05, 4.69) is 40.0 Å². The molecule has 0 bridgehead atoms. The van der Waals surface area contributed by atoms with Gasteiger partial charge < -0.3 is 14.3 Å². The molecule has 0 amide bonds. The minimum Gasteiger partial charge on any atom is -0.398 e. The van der Waals surface area contributed by atoms with Gasteiger partial charge in [0.05, 0.1) is 16.8 Å². The van der Waals surface area contributed by atoms with Gasteiger partial charge in [0.15, 0.2) is 0 Å². The molecule has 4 nitrogen and oxygen atoms in total. The summed E-state index contributed by atoms with van der Waals surface area (Å²) < 4.78 is 12.1. The number of hydrogen-bond donors (Lipinski definition) is 1. The molecule has 1 fully saturated rings. The molecular formula is C11H21BN2O2. The third kappa shape index (κ3) is 1.67. The molecule has 16 heavy (non-hydrogen) atoms. The molecule has 5 heteroatoms.